The van der Waals surface area contributed by atoms with Crippen LogP contribution < -0.4 is 0 Å². The lowest BCUT2D eigenvalue weighted by atomic mass is 10.0. The predicted octanol–water partition coefficient (Wildman–Crippen LogP) is 1.58. The molecule has 0 atom stereocenters. The molecule has 6 nitrogen and oxygen atoms in total. The molecule has 0 saturated heterocycles. The first-order valence-corrected chi connectivity index (χ1v) is 6.96. The Balaban J connectivity index is 3.75. The van der Waals surface area contributed by atoms with Crippen LogP contribution in [0.15, 0.2) is 0 Å². The molecule has 0 heterocycles. The minimum absolute atomic E-state index is 0.0209. The Morgan fingerprint density at radius 1 is 0.619 bits per heavy atom. The van der Waals surface area contributed by atoms with Crippen LogP contribution in [0.4, 0.5) is 0 Å². The van der Waals surface area contributed by atoms with Crippen molar-refractivity contribution in [1.29, 1.82) is 0 Å². The molecule has 0 fully saturated rings. The topological polar surface area (TPSA) is 94.6 Å². The Bertz CT molecular complexity index is 410. The summed E-state index contributed by atoms with van der Waals surface area (Å²) >= 11 is 0. The van der Waals surface area contributed by atoms with Gasteiger partial charge in [-0.05, 0) is 6.92 Å². The van der Waals surface area contributed by atoms with E-state index < -0.39 is 5.97 Å². The highest BCUT2D eigenvalue weighted by Crippen LogP contribution is 2.06. The molecule has 0 unspecified atom stereocenters. The highest BCUT2D eigenvalue weighted by atomic mass is 16.5. The van der Waals surface area contributed by atoms with Crippen LogP contribution in [0, 0.1) is 0 Å². The average Bonchev–Trinajstić information content (AvgIpc) is 2.45. The lowest BCUT2D eigenvalue weighted by molar-refractivity contribution is -0.142. The summed E-state index contributed by atoms with van der Waals surface area (Å²) in [4.78, 5) is 55.9. The number of methoxy groups -OCH3 is 1. The zero-order chi connectivity index (χ0) is 16.3. The SMILES string of the molecule is COC(=O)CCC(=O)CCC(=O)CCC(=O)CCC(C)=O. The number of hydrogen-bond acceptors (Lipinski definition) is 6. The van der Waals surface area contributed by atoms with Crippen LogP contribution in [0.5, 0.6) is 0 Å². The van der Waals surface area contributed by atoms with Gasteiger partial charge in [-0.15, -0.1) is 0 Å². The highest BCUT2D eigenvalue weighted by molar-refractivity contribution is 5.90. The van der Waals surface area contributed by atoms with E-state index in [9.17, 15) is 24.0 Å². The number of carbonyl (C=O) groups is 5. The van der Waals surface area contributed by atoms with Crippen molar-refractivity contribution >= 4 is 29.1 Å². The number of hydrogen-bond donors (Lipinski definition) is 0. The Hall–Kier alpha value is -1.85. The molecule has 0 aromatic rings. The molecule has 118 valence electrons. The normalized spacial score (nSPS) is 10.0. The predicted molar refractivity (Wildman–Crippen MR) is 74.7 cm³/mol. The molecule has 0 N–H and O–H groups in total. The third kappa shape index (κ3) is 11.7. The summed E-state index contributed by atoms with van der Waals surface area (Å²) in [6, 6.07) is 0. The highest BCUT2D eigenvalue weighted by Gasteiger charge is 2.11. The number of Topliss-reactive ketones (excluding diaryl/α,β-unsaturated/α-hetero) is 4. The van der Waals surface area contributed by atoms with Crippen molar-refractivity contribution in [1.82, 2.24) is 0 Å². The number of carbonyl (C=O) groups excluding carboxylic acids is 5. The Morgan fingerprint density at radius 3 is 1.29 bits per heavy atom. The summed E-state index contributed by atoms with van der Waals surface area (Å²) in [6.07, 6.45) is 0.838. The first kappa shape index (κ1) is 19.1. The molecule has 0 saturated carbocycles. The molecule has 0 radical (unpaired) electrons. The monoisotopic (exact) mass is 298 g/mol. The van der Waals surface area contributed by atoms with Gasteiger partial charge in [-0.25, -0.2) is 0 Å². The molecule has 0 bridgehead atoms. The van der Waals surface area contributed by atoms with Crippen LogP contribution in [-0.4, -0.2) is 36.2 Å². The van der Waals surface area contributed by atoms with Crippen LogP contribution in [0.1, 0.15) is 58.3 Å². The van der Waals surface area contributed by atoms with Gasteiger partial charge in [0.25, 0.3) is 0 Å². The number of rotatable bonds is 12. The van der Waals surface area contributed by atoms with Gasteiger partial charge in [0.1, 0.15) is 23.1 Å². The Kier molecular flexibility index (Phi) is 9.92. The third-order valence-corrected chi connectivity index (χ3v) is 2.96. The van der Waals surface area contributed by atoms with Crippen molar-refractivity contribution in [2.75, 3.05) is 7.11 Å². The van der Waals surface area contributed by atoms with Crippen molar-refractivity contribution in [2.45, 2.75) is 58.3 Å². The van der Waals surface area contributed by atoms with E-state index in [4.69, 9.17) is 0 Å². The second-order valence-electron chi connectivity index (χ2n) is 4.89. The van der Waals surface area contributed by atoms with Crippen molar-refractivity contribution in [3.63, 3.8) is 0 Å². The largest absolute Gasteiger partial charge is 0.469 e. The van der Waals surface area contributed by atoms with Crippen molar-refractivity contribution in [3.8, 4) is 0 Å². The summed E-state index contributed by atoms with van der Waals surface area (Å²) in [7, 11) is 1.25. The third-order valence-electron chi connectivity index (χ3n) is 2.96. The maximum Gasteiger partial charge on any atom is 0.305 e. The molecule has 0 aliphatic carbocycles. The van der Waals surface area contributed by atoms with Gasteiger partial charge in [-0.1, -0.05) is 0 Å². The summed E-state index contributed by atoms with van der Waals surface area (Å²) in [5, 5.41) is 0. The van der Waals surface area contributed by atoms with Gasteiger partial charge in [0.2, 0.25) is 0 Å². The van der Waals surface area contributed by atoms with Crippen molar-refractivity contribution in [2.24, 2.45) is 0 Å². The fourth-order valence-electron chi connectivity index (χ4n) is 1.59. The van der Waals surface area contributed by atoms with Gasteiger partial charge in [-0.3, -0.25) is 19.2 Å². The summed E-state index contributed by atoms with van der Waals surface area (Å²) in [6.45, 7) is 1.42. The van der Waals surface area contributed by atoms with Gasteiger partial charge >= 0.3 is 5.97 Å². The zero-order valence-corrected chi connectivity index (χ0v) is 12.6. The first-order valence-electron chi connectivity index (χ1n) is 6.96. The van der Waals surface area contributed by atoms with Crippen LogP contribution in [0.3, 0.4) is 0 Å². The van der Waals surface area contributed by atoms with E-state index in [1.807, 2.05) is 0 Å². The van der Waals surface area contributed by atoms with E-state index in [-0.39, 0.29) is 74.5 Å². The Labute approximate surface area is 124 Å². The smallest absolute Gasteiger partial charge is 0.305 e. The second-order valence-corrected chi connectivity index (χ2v) is 4.89. The van der Waals surface area contributed by atoms with Crippen LogP contribution >= 0.6 is 0 Å². The van der Waals surface area contributed by atoms with Crippen LogP contribution in [0.2, 0.25) is 0 Å². The zero-order valence-electron chi connectivity index (χ0n) is 12.6. The molecule has 0 aliphatic heterocycles. The van der Waals surface area contributed by atoms with Gasteiger partial charge in [0.15, 0.2) is 0 Å². The molecule has 0 amide bonds. The summed E-state index contributed by atoms with van der Waals surface area (Å²) in [5.41, 5.74) is 0. The lowest BCUT2D eigenvalue weighted by Gasteiger charge is -2.01. The van der Waals surface area contributed by atoms with Crippen molar-refractivity contribution in [3.05, 3.63) is 0 Å². The molecule has 0 aliphatic rings. The minimum atomic E-state index is -0.453. The van der Waals surface area contributed by atoms with E-state index in [0.29, 0.717) is 0 Å². The lowest BCUT2D eigenvalue weighted by Crippen LogP contribution is -2.09. The molecule has 21 heavy (non-hydrogen) atoms. The maximum atomic E-state index is 11.5. The summed E-state index contributed by atoms with van der Waals surface area (Å²) < 4.78 is 4.41. The molecule has 0 aromatic heterocycles. The van der Waals surface area contributed by atoms with Gasteiger partial charge in [0, 0.05) is 44.9 Å². The minimum Gasteiger partial charge on any atom is -0.469 e. The maximum absolute atomic E-state index is 11.5. The van der Waals surface area contributed by atoms with Crippen LogP contribution in [-0.2, 0) is 28.7 Å². The van der Waals surface area contributed by atoms with Crippen molar-refractivity contribution < 1.29 is 28.7 Å². The second kappa shape index (κ2) is 10.9. The van der Waals surface area contributed by atoms with Gasteiger partial charge in [0.05, 0.1) is 13.5 Å². The van der Waals surface area contributed by atoms with Gasteiger partial charge in [-0.2, -0.15) is 0 Å². The molecule has 6 heteroatoms. The average molecular weight is 298 g/mol. The fourth-order valence-corrected chi connectivity index (χ4v) is 1.59. The molecule has 0 spiro atoms. The number of esters is 1. The Morgan fingerprint density at radius 2 is 0.952 bits per heavy atom. The van der Waals surface area contributed by atoms with E-state index in [1.54, 1.807) is 0 Å². The van der Waals surface area contributed by atoms with Gasteiger partial charge < -0.3 is 9.53 Å². The molecular formula is C15H22O6. The number of ether oxygens (including phenoxy) is 1. The standard InChI is InChI=1S/C15H22O6/c1-11(16)3-4-12(17)5-6-13(18)7-8-14(19)9-10-15(20)21-2/h3-10H2,1-2H3. The number of ketones is 4. The molecule has 0 aromatic carbocycles. The van der Waals surface area contributed by atoms with Crippen LogP contribution in [0.25, 0.3) is 0 Å². The molecule has 0 rings (SSSR count). The molecular weight excluding hydrogens is 276 g/mol. The van der Waals surface area contributed by atoms with E-state index in [0.717, 1.165) is 0 Å². The van der Waals surface area contributed by atoms with E-state index in [1.165, 1.54) is 14.0 Å². The van der Waals surface area contributed by atoms with E-state index >= 15 is 0 Å². The fraction of sp³-hybridized carbons (Fsp3) is 0.667. The first-order chi connectivity index (χ1) is 9.85. The van der Waals surface area contributed by atoms with E-state index in [2.05, 4.69) is 4.74 Å². The summed E-state index contributed by atoms with van der Waals surface area (Å²) in [5.74, 6) is -0.943. The quantitative estimate of drug-likeness (QED) is 0.508.